The van der Waals surface area contributed by atoms with E-state index in [1.54, 1.807) is 6.92 Å². The van der Waals surface area contributed by atoms with E-state index < -0.39 is 10.0 Å². The van der Waals surface area contributed by atoms with Crippen molar-refractivity contribution in [2.75, 3.05) is 31.9 Å². The lowest BCUT2D eigenvalue weighted by Gasteiger charge is -2.23. The summed E-state index contributed by atoms with van der Waals surface area (Å²) in [6.07, 6.45) is 3.14. The van der Waals surface area contributed by atoms with Crippen LogP contribution < -0.4 is 15.4 Å². The summed E-state index contributed by atoms with van der Waals surface area (Å²) >= 11 is 0. The van der Waals surface area contributed by atoms with Crippen LogP contribution in [0.4, 0.5) is 0 Å². The molecule has 1 saturated heterocycles. The van der Waals surface area contributed by atoms with Crippen molar-refractivity contribution in [2.24, 2.45) is 11.3 Å². The number of hydrogen-bond donors (Lipinski definition) is 3. The highest BCUT2D eigenvalue weighted by molar-refractivity contribution is 7.89. The minimum absolute atomic E-state index is 0. The van der Waals surface area contributed by atoms with Gasteiger partial charge in [0.25, 0.3) is 0 Å². The molecule has 1 aliphatic heterocycles. The van der Waals surface area contributed by atoms with Crippen molar-refractivity contribution in [1.29, 1.82) is 0 Å². The molecule has 0 aromatic carbocycles. The van der Waals surface area contributed by atoms with Crippen LogP contribution in [0.5, 0.6) is 0 Å². The second-order valence-electron chi connectivity index (χ2n) is 5.46. The van der Waals surface area contributed by atoms with Crippen LogP contribution in [0.1, 0.15) is 26.2 Å². The molecule has 1 atom stereocenters. The van der Waals surface area contributed by atoms with Crippen molar-refractivity contribution in [2.45, 2.75) is 26.2 Å². The van der Waals surface area contributed by atoms with Gasteiger partial charge in [-0.2, -0.15) is 0 Å². The number of sulfonamides is 1. The average molecular weight is 326 g/mol. The molecule has 1 saturated carbocycles. The summed E-state index contributed by atoms with van der Waals surface area (Å²) < 4.78 is 24.8. The Morgan fingerprint density at radius 2 is 1.95 bits per heavy atom. The molecule has 0 aromatic rings. The normalized spacial score (nSPS) is 23.9. The molecule has 1 aliphatic carbocycles. The SMILES string of the molecule is CCS(=O)(=O)NCCNC(=O)C1CC12CCNCC2.Cl. The van der Waals surface area contributed by atoms with Gasteiger partial charge in [0, 0.05) is 19.0 Å². The second-order valence-corrected chi connectivity index (χ2v) is 7.55. The van der Waals surface area contributed by atoms with Gasteiger partial charge in [-0.25, -0.2) is 13.1 Å². The number of carbonyl (C=O) groups excluding carboxylic acids is 1. The lowest BCUT2D eigenvalue weighted by atomic mass is 9.92. The zero-order chi connectivity index (χ0) is 13.9. The molecular weight excluding hydrogens is 302 g/mol. The van der Waals surface area contributed by atoms with Gasteiger partial charge in [-0.05, 0) is 44.7 Å². The fourth-order valence-electron chi connectivity index (χ4n) is 2.81. The first-order valence-electron chi connectivity index (χ1n) is 6.95. The molecule has 20 heavy (non-hydrogen) atoms. The Morgan fingerprint density at radius 3 is 2.55 bits per heavy atom. The van der Waals surface area contributed by atoms with Gasteiger partial charge in [-0.3, -0.25) is 4.79 Å². The van der Waals surface area contributed by atoms with Crippen LogP contribution in [0, 0.1) is 11.3 Å². The number of nitrogens with one attached hydrogen (secondary N) is 3. The molecule has 2 rings (SSSR count). The summed E-state index contributed by atoms with van der Waals surface area (Å²) in [5.41, 5.74) is 0.234. The number of carbonyl (C=O) groups is 1. The molecule has 0 bridgehead atoms. The quantitative estimate of drug-likeness (QED) is 0.593. The molecule has 118 valence electrons. The largest absolute Gasteiger partial charge is 0.355 e. The highest BCUT2D eigenvalue weighted by Crippen LogP contribution is 2.58. The van der Waals surface area contributed by atoms with Crippen molar-refractivity contribution < 1.29 is 13.2 Å². The fraction of sp³-hybridized carbons (Fsp3) is 0.917. The van der Waals surface area contributed by atoms with Crippen molar-refractivity contribution in [1.82, 2.24) is 15.4 Å². The minimum atomic E-state index is -3.16. The Balaban J connectivity index is 0.00000200. The Bertz CT molecular complexity index is 435. The van der Waals surface area contributed by atoms with Gasteiger partial charge < -0.3 is 10.6 Å². The zero-order valence-electron chi connectivity index (χ0n) is 11.8. The lowest BCUT2D eigenvalue weighted by molar-refractivity contribution is -0.123. The summed E-state index contributed by atoms with van der Waals surface area (Å²) in [6, 6.07) is 0. The first-order chi connectivity index (χ1) is 8.99. The number of amides is 1. The maximum atomic E-state index is 12.0. The van der Waals surface area contributed by atoms with E-state index in [9.17, 15) is 13.2 Å². The number of hydrogen-bond acceptors (Lipinski definition) is 4. The third-order valence-corrected chi connectivity index (χ3v) is 5.64. The molecule has 0 aromatic heterocycles. The van der Waals surface area contributed by atoms with Crippen molar-refractivity contribution >= 4 is 28.3 Å². The number of rotatable bonds is 6. The van der Waals surface area contributed by atoms with E-state index in [2.05, 4.69) is 15.4 Å². The molecule has 2 fully saturated rings. The summed E-state index contributed by atoms with van der Waals surface area (Å²) in [4.78, 5) is 12.0. The Morgan fingerprint density at radius 1 is 1.30 bits per heavy atom. The topological polar surface area (TPSA) is 87.3 Å². The van der Waals surface area contributed by atoms with Gasteiger partial charge in [0.1, 0.15) is 0 Å². The van der Waals surface area contributed by atoms with Crippen LogP contribution in [0.25, 0.3) is 0 Å². The smallest absolute Gasteiger partial charge is 0.223 e. The molecule has 3 N–H and O–H groups in total. The van der Waals surface area contributed by atoms with E-state index in [0.717, 1.165) is 32.4 Å². The van der Waals surface area contributed by atoms with E-state index in [1.165, 1.54) is 0 Å². The zero-order valence-corrected chi connectivity index (χ0v) is 13.4. The molecule has 1 amide bonds. The fourth-order valence-corrected chi connectivity index (χ4v) is 3.43. The van der Waals surface area contributed by atoms with Gasteiger partial charge in [0.15, 0.2) is 0 Å². The lowest BCUT2D eigenvalue weighted by Crippen LogP contribution is -2.37. The molecule has 6 nitrogen and oxygen atoms in total. The van der Waals surface area contributed by atoms with Crippen LogP contribution >= 0.6 is 12.4 Å². The van der Waals surface area contributed by atoms with Gasteiger partial charge >= 0.3 is 0 Å². The van der Waals surface area contributed by atoms with E-state index in [-0.39, 0.29) is 41.9 Å². The average Bonchev–Trinajstić information content (AvgIpc) is 3.09. The predicted octanol–water partition coefficient (Wildman–Crippen LogP) is -0.147. The summed E-state index contributed by atoms with van der Waals surface area (Å²) in [5, 5.41) is 6.13. The Hall–Kier alpha value is -0.370. The van der Waals surface area contributed by atoms with Crippen LogP contribution in [0.3, 0.4) is 0 Å². The first kappa shape index (κ1) is 17.7. The Kier molecular flexibility index (Phi) is 6.25. The highest BCUT2D eigenvalue weighted by atomic mass is 35.5. The van der Waals surface area contributed by atoms with Crippen LogP contribution in [0.2, 0.25) is 0 Å². The van der Waals surface area contributed by atoms with Crippen molar-refractivity contribution in [3.8, 4) is 0 Å². The minimum Gasteiger partial charge on any atom is -0.355 e. The third-order valence-electron chi connectivity index (χ3n) is 4.23. The first-order valence-corrected chi connectivity index (χ1v) is 8.60. The van der Waals surface area contributed by atoms with Crippen LogP contribution in [-0.2, 0) is 14.8 Å². The van der Waals surface area contributed by atoms with E-state index in [4.69, 9.17) is 0 Å². The van der Waals surface area contributed by atoms with Crippen molar-refractivity contribution in [3.63, 3.8) is 0 Å². The van der Waals surface area contributed by atoms with Gasteiger partial charge in [-0.15, -0.1) is 12.4 Å². The van der Waals surface area contributed by atoms with Gasteiger partial charge in [0.2, 0.25) is 15.9 Å². The molecule has 8 heteroatoms. The van der Waals surface area contributed by atoms with E-state index in [0.29, 0.717) is 6.54 Å². The number of halogens is 1. The predicted molar refractivity (Wildman–Crippen MR) is 80.4 cm³/mol. The monoisotopic (exact) mass is 325 g/mol. The standard InChI is InChI=1S/C12H23N3O3S.ClH/c1-2-19(17,18)15-8-7-14-11(16)10-9-12(10)3-5-13-6-4-12;/h10,13,15H,2-9H2,1H3,(H,14,16);1H. The van der Waals surface area contributed by atoms with Gasteiger partial charge in [0.05, 0.1) is 5.75 Å². The summed E-state index contributed by atoms with van der Waals surface area (Å²) in [7, 11) is -3.16. The highest BCUT2D eigenvalue weighted by Gasteiger charge is 2.57. The third kappa shape index (κ3) is 4.31. The van der Waals surface area contributed by atoms with E-state index >= 15 is 0 Å². The summed E-state index contributed by atoms with van der Waals surface area (Å²) in [6.45, 7) is 4.22. The van der Waals surface area contributed by atoms with Crippen LogP contribution in [0.15, 0.2) is 0 Å². The van der Waals surface area contributed by atoms with Gasteiger partial charge in [-0.1, -0.05) is 0 Å². The molecule has 1 spiro atoms. The molecule has 1 unspecified atom stereocenters. The number of piperidine rings is 1. The van der Waals surface area contributed by atoms with E-state index in [1.807, 2.05) is 0 Å². The second kappa shape index (κ2) is 7.06. The summed E-state index contributed by atoms with van der Waals surface area (Å²) in [5.74, 6) is 0.287. The molecule has 1 heterocycles. The Labute approximate surface area is 126 Å². The maximum Gasteiger partial charge on any atom is 0.223 e. The van der Waals surface area contributed by atoms with Crippen molar-refractivity contribution in [3.05, 3.63) is 0 Å². The molecule has 2 aliphatic rings. The maximum absolute atomic E-state index is 12.0. The molecule has 0 radical (unpaired) electrons. The molecular formula is C12H24ClN3O3S. The van der Waals surface area contributed by atoms with Crippen LogP contribution in [-0.4, -0.2) is 46.3 Å².